The number of hydrogen-bond donors (Lipinski definition) is 1. The van der Waals surface area contributed by atoms with E-state index in [-0.39, 0.29) is 0 Å². The number of benzene rings is 7. The molecule has 0 saturated carbocycles. The summed E-state index contributed by atoms with van der Waals surface area (Å²) in [7, 11) is 0. The Morgan fingerprint density at radius 3 is 1.61 bits per heavy atom. The zero-order chi connectivity index (χ0) is 35.6. The van der Waals surface area contributed by atoms with Crippen molar-refractivity contribution in [3.05, 3.63) is 220 Å². The van der Waals surface area contributed by atoms with Gasteiger partial charge in [0.15, 0.2) is 6.17 Å². The first-order valence-corrected chi connectivity index (χ1v) is 18.3. The van der Waals surface area contributed by atoms with Crippen LogP contribution in [0, 0.1) is 0 Å². The summed E-state index contributed by atoms with van der Waals surface area (Å²) in [5.41, 5.74) is 14.1. The van der Waals surface area contributed by atoms with Crippen LogP contribution in [-0.2, 0) is 5.41 Å². The van der Waals surface area contributed by atoms with E-state index in [1.54, 1.807) is 0 Å². The zero-order valence-corrected chi connectivity index (χ0v) is 29.1. The third kappa shape index (κ3) is 4.61. The van der Waals surface area contributed by atoms with Crippen LogP contribution in [0.5, 0.6) is 11.5 Å². The van der Waals surface area contributed by atoms with Gasteiger partial charge >= 0.3 is 0 Å². The second-order valence-corrected chi connectivity index (χ2v) is 14.0. The summed E-state index contributed by atoms with van der Waals surface area (Å²) in [6, 6.07) is 60.0. The molecule has 11 rings (SSSR count). The van der Waals surface area contributed by atoms with Crippen molar-refractivity contribution in [1.29, 1.82) is 0 Å². The van der Waals surface area contributed by atoms with Gasteiger partial charge in [-0.1, -0.05) is 152 Å². The van der Waals surface area contributed by atoms with E-state index in [1.165, 1.54) is 22.3 Å². The van der Waals surface area contributed by atoms with E-state index in [2.05, 4.69) is 162 Å². The largest absolute Gasteiger partial charge is 0.457 e. The number of amidine groups is 2. The molecule has 1 atom stereocenters. The first-order chi connectivity index (χ1) is 26.7. The molecule has 0 saturated heterocycles. The van der Waals surface area contributed by atoms with Crippen LogP contribution in [0.1, 0.15) is 50.7 Å². The van der Waals surface area contributed by atoms with Crippen LogP contribution in [0.3, 0.4) is 0 Å². The van der Waals surface area contributed by atoms with Crippen LogP contribution in [0.2, 0.25) is 0 Å². The van der Waals surface area contributed by atoms with Crippen LogP contribution in [-0.4, -0.2) is 17.9 Å². The Kier molecular flexibility index (Phi) is 6.76. The molecule has 1 unspecified atom stereocenters. The highest BCUT2D eigenvalue weighted by atomic mass is 16.5. The van der Waals surface area contributed by atoms with Crippen LogP contribution in [0.15, 0.2) is 191 Å². The van der Waals surface area contributed by atoms with Crippen molar-refractivity contribution in [2.24, 2.45) is 15.0 Å². The summed E-state index contributed by atoms with van der Waals surface area (Å²) < 4.78 is 6.57. The molecule has 1 N–H and O–H groups in total. The van der Waals surface area contributed by atoms with Crippen LogP contribution < -0.4 is 10.1 Å². The van der Waals surface area contributed by atoms with E-state index in [4.69, 9.17) is 14.7 Å². The molecule has 0 radical (unpaired) electrons. The average molecular weight is 693 g/mol. The normalized spacial score (nSPS) is 16.7. The van der Waals surface area contributed by atoms with Gasteiger partial charge in [-0.15, -0.1) is 0 Å². The fraction of sp³-hybridized carbons (Fsp3) is 0.0408. The maximum absolute atomic E-state index is 6.57. The van der Waals surface area contributed by atoms with Gasteiger partial charge in [0.1, 0.15) is 23.2 Å². The first kappa shape index (κ1) is 30.5. The minimum atomic E-state index is -0.561. The van der Waals surface area contributed by atoms with Crippen molar-refractivity contribution in [2.45, 2.75) is 11.6 Å². The molecule has 1 spiro atoms. The standard InChI is InChI=1S/C49H32N4O/c1-2-10-34(11-3-1)46-51-47(35-24-20-32(21-25-35)31-18-22-33(23-19-31)43-28-29-50-43)53-48(52-46)36-26-27-38-37-12-4-5-13-39(37)49(42(38)30-36)40-14-6-8-16-44(40)54-45-17-9-7-15-41(45)49/h1-30,48H,(H,51,52,53). The molecule has 5 heteroatoms. The van der Waals surface area contributed by atoms with Crippen molar-refractivity contribution in [3.8, 4) is 33.8 Å². The van der Waals surface area contributed by atoms with Gasteiger partial charge in [0.25, 0.3) is 0 Å². The summed E-state index contributed by atoms with van der Waals surface area (Å²) in [5, 5.41) is 3.59. The SMILES string of the molecule is C1=NC(c2ccc(-c3ccc(C4=NC(c5ccc6c(c5)C5(c7ccccc7Oc7ccccc75)c5ccccc5-6)N=C(c5ccccc5)N4)cc3)cc2)=C1. The maximum atomic E-state index is 6.57. The summed E-state index contributed by atoms with van der Waals surface area (Å²) in [4.78, 5) is 14.9. The van der Waals surface area contributed by atoms with Gasteiger partial charge in [-0.25, -0.2) is 9.98 Å². The van der Waals surface area contributed by atoms with E-state index in [0.717, 1.165) is 73.4 Å². The number of para-hydroxylation sites is 2. The van der Waals surface area contributed by atoms with Crippen LogP contribution in [0.4, 0.5) is 0 Å². The molecule has 5 nitrogen and oxygen atoms in total. The molecule has 4 aliphatic rings. The number of hydrogen-bond acceptors (Lipinski definition) is 5. The number of fused-ring (bicyclic) bond motifs is 9. The molecule has 54 heavy (non-hydrogen) atoms. The lowest BCUT2D eigenvalue weighted by atomic mass is 9.66. The van der Waals surface area contributed by atoms with Gasteiger partial charge in [-0.05, 0) is 63.2 Å². The second kappa shape index (κ2) is 12.0. The monoisotopic (exact) mass is 692 g/mol. The van der Waals surface area contributed by atoms with Gasteiger partial charge < -0.3 is 10.1 Å². The molecular formula is C49H32N4O. The van der Waals surface area contributed by atoms with Gasteiger partial charge in [0.05, 0.1) is 11.1 Å². The van der Waals surface area contributed by atoms with Crippen molar-refractivity contribution < 1.29 is 4.74 Å². The lowest BCUT2D eigenvalue weighted by molar-refractivity contribution is 0.436. The molecule has 0 fully saturated rings. The Morgan fingerprint density at radius 1 is 0.463 bits per heavy atom. The molecule has 7 aromatic rings. The zero-order valence-electron chi connectivity index (χ0n) is 29.1. The third-order valence-electron chi connectivity index (χ3n) is 11.1. The smallest absolute Gasteiger partial charge is 0.169 e. The summed E-state index contributed by atoms with van der Waals surface area (Å²) >= 11 is 0. The number of nitrogens with one attached hydrogen (secondary N) is 1. The summed E-state index contributed by atoms with van der Waals surface area (Å²) in [6.45, 7) is 0. The molecule has 1 aliphatic carbocycles. The van der Waals surface area contributed by atoms with Gasteiger partial charge in [-0.2, -0.15) is 0 Å². The number of nitrogens with zero attached hydrogens (tertiary/aromatic N) is 3. The Morgan fingerprint density at radius 2 is 0.981 bits per heavy atom. The highest BCUT2D eigenvalue weighted by molar-refractivity contribution is 6.16. The maximum Gasteiger partial charge on any atom is 0.169 e. The van der Waals surface area contributed by atoms with Crippen molar-refractivity contribution in [3.63, 3.8) is 0 Å². The minimum absolute atomic E-state index is 0.469. The van der Waals surface area contributed by atoms with Crippen LogP contribution >= 0.6 is 0 Å². The first-order valence-electron chi connectivity index (χ1n) is 18.3. The van der Waals surface area contributed by atoms with E-state index in [1.807, 2.05) is 30.5 Å². The fourth-order valence-corrected chi connectivity index (χ4v) is 8.49. The predicted octanol–water partition coefficient (Wildman–Crippen LogP) is 10.7. The highest BCUT2D eigenvalue weighted by Crippen LogP contribution is 2.62. The number of aliphatic imine (C=N–C) groups is 3. The van der Waals surface area contributed by atoms with E-state index >= 15 is 0 Å². The quantitative estimate of drug-likeness (QED) is 0.195. The molecule has 3 aliphatic heterocycles. The second-order valence-electron chi connectivity index (χ2n) is 14.0. The minimum Gasteiger partial charge on any atom is -0.457 e. The summed E-state index contributed by atoms with van der Waals surface area (Å²) in [6.07, 6.45) is 3.39. The van der Waals surface area contributed by atoms with Gasteiger partial charge in [-0.3, -0.25) is 4.99 Å². The number of allylic oxidation sites excluding steroid dienone is 1. The van der Waals surface area contributed by atoms with E-state index < -0.39 is 11.6 Å². The molecule has 0 aromatic heterocycles. The van der Waals surface area contributed by atoms with E-state index in [0.29, 0.717) is 0 Å². The Bertz CT molecular complexity index is 2710. The molecule has 7 aromatic carbocycles. The average Bonchev–Trinajstić information content (AvgIpc) is 3.51. The fourth-order valence-electron chi connectivity index (χ4n) is 8.49. The Labute approximate surface area is 313 Å². The highest BCUT2D eigenvalue weighted by Gasteiger charge is 2.51. The lowest BCUT2D eigenvalue weighted by Gasteiger charge is -2.39. The van der Waals surface area contributed by atoms with Crippen molar-refractivity contribution in [2.75, 3.05) is 0 Å². The van der Waals surface area contributed by atoms with Crippen LogP contribution in [0.25, 0.3) is 28.0 Å². The van der Waals surface area contributed by atoms with Crippen molar-refractivity contribution in [1.82, 2.24) is 5.32 Å². The van der Waals surface area contributed by atoms with Crippen molar-refractivity contribution >= 4 is 23.6 Å². The number of rotatable bonds is 5. The Balaban J connectivity index is 1.04. The molecule has 0 amide bonds. The molecule has 0 bridgehead atoms. The lowest BCUT2D eigenvalue weighted by Crippen LogP contribution is -2.36. The van der Waals surface area contributed by atoms with E-state index in [9.17, 15) is 0 Å². The summed E-state index contributed by atoms with van der Waals surface area (Å²) in [5.74, 6) is 3.32. The molecule has 254 valence electrons. The Hall–Kier alpha value is -7.11. The number of ether oxygens (including phenoxy) is 1. The topological polar surface area (TPSA) is 58.3 Å². The molecule has 3 heterocycles. The third-order valence-corrected chi connectivity index (χ3v) is 11.1. The predicted molar refractivity (Wildman–Crippen MR) is 218 cm³/mol. The van der Waals surface area contributed by atoms with Gasteiger partial charge in [0.2, 0.25) is 0 Å². The van der Waals surface area contributed by atoms with Gasteiger partial charge in [0, 0.05) is 34.0 Å². The molecular weight excluding hydrogens is 661 g/mol.